The maximum absolute atomic E-state index is 12.4. The lowest BCUT2D eigenvalue weighted by Gasteiger charge is -2.15. The van der Waals surface area contributed by atoms with E-state index in [9.17, 15) is 4.79 Å². The second-order valence-corrected chi connectivity index (χ2v) is 6.19. The zero-order chi connectivity index (χ0) is 18.4. The minimum Gasteiger partial charge on any atom is -0.490 e. The Labute approximate surface area is 153 Å². The number of amides is 1. The quantitative estimate of drug-likeness (QED) is 0.795. The summed E-state index contributed by atoms with van der Waals surface area (Å²) in [6, 6.07) is 14.7. The average molecular weight is 350 g/mol. The highest BCUT2D eigenvalue weighted by molar-refractivity contribution is 5.94. The fraction of sp³-hybridized carbons (Fsp3) is 0.333. The van der Waals surface area contributed by atoms with Gasteiger partial charge < -0.3 is 14.4 Å². The Morgan fingerprint density at radius 2 is 1.81 bits per heavy atom. The molecule has 1 saturated heterocycles. The van der Waals surface area contributed by atoms with Crippen molar-refractivity contribution in [2.75, 3.05) is 19.7 Å². The van der Waals surface area contributed by atoms with Gasteiger partial charge in [0.1, 0.15) is 6.61 Å². The van der Waals surface area contributed by atoms with E-state index in [0.29, 0.717) is 35.8 Å². The number of nitrogens with zero attached hydrogens (tertiary/aromatic N) is 2. The molecule has 2 aromatic carbocycles. The van der Waals surface area contributed by atoms with Crippen molar-refractivity contribution in [2.24, 2.45) is 0 Å². The Hall–Kier alpha value is -3.00. The van der Waals surface area contributed by atoms with Crippen molar-refractivity contribution in [1.82, 2.24) is 4.90 Å². The molecule has 0 saturated carbocycles. The molecule has 0 aromatic heterocycles. The standard InChI is InChI=1S/C21H22N2O3/c1-2-25-20-13-17(14-22)7-10-19(20)26-15-16-5-8-18(9-6-16)21(24)23-11-3-4-12-23/h5-10,13H,2-4,11-12,15H2,1H3. The summed E-state index contributed by atoms with van der Waals surface area (Å²) in [5.41, 5.74) is 2.21. The fourth-order valence-corrected chi connectivity index (χ4v) is 2.97. The normalized spacial score (nSPS) is 13.3. The lowest BCUT2D eigenvalue weighted by atomic mass is 10.1. The molecule has 5 nitrogen and oxygen atoms in total. The molecule has 1 aliphatic heterocycles. The predicted octanol–water partition coefficient (Wildman–Crippen LogP) is 3.77. The number of carbonyl (C=O) groups is 1. The maximum Gasteiger partial charge on any atom is 0.253 e. The van der Waals surface area contributed by atoms with Gasteiger partial charge in [0.2, 0.25) is 0 Å². The van der Waals surface area contributed by atoms with Gasteiger partial charge in [-0.3, -0.25) is 4.79 Å². The zero-order valence-electron chi connectivity index (χ0n) is 14.9. The summed E-state index contributed by atoms with van der Waals surface area (Å²) in [4.78, 5) is 14.3. The van der Waals surface area contributed by atoms with Crippen molar-refractivity contribution in [3.05, 3.63) is 59.2 Å². The molecular weight excluding hydrogens is 328 g/mol. The first-order valence-corrected chi connectivity index (χ1v) is 8.89. The molecule has 0 bridgehead atoms. The van der Waals surface area contributed by atoms with Crippen molar-refractivity contribution in [1.29, 1.82) is 5.26 Å². The summed E-state index contributed by atoms with van der Waals surface area (Å²) in [5, 5.41) is 9.00. The largest absolute Gasteiger partial charge is 0.490 e. The lowest BCUT2D eigenvalue weighted by Crippen LogP contribution is -2.27. The summed E-state index contributed by atoms with van der Waals surface area (Å²) in [6.45, 7) is 4.45. The minimum atomic E-state index is 0.0979. The van der Waals surface area contributed by atoms with Crippen LogP contribution in [0, 0.1) is 11.3 Å². The lowest BCUT2D eigenvalue weighted by molar-refractivity contribution is 0.0793. The molecule has 3 rings (SSSR count). The van der Waals surface area contributed by atoms with E-state index in [0.717, 1.165) is 31.5 Å². The van der Waals surface area contributed by atoms with E-state index in [4.69, 9.17) is 14.7 Å². The van der Waals surface area contributed by atoms with Crippen molar-refractivity contribution >= 4 is 5.91 Å². The van der Waals surface area contributed by atoms with Gasteiger partial charge in [0.05, 0.1) is 18.2 Å². The number of carbonyl (C=O) groups excluding carboxylic acids is 1. The molecule has 1 heterocycles. The zero-order valence-corrected chi connectivity index (χ0v) is 14.9. The van der Waals surface area contributed by atoms with Crippen LogP contribution >= 0.6 is 0 Å². The minimum absolute atomic E-state index is 0.0979. The number of rotatable bonds is 6. The van der Waals surface area contributed by atoms with Crippen molar-refractivity contribution in [3.8, 4) is 17.6 Å². The van der Waals surface area contributed by atoms with Crippen LogP contribution in [0.25, 0.3) is 0 Å². The third-order valence-electron chi connectivity index (χ3n) is 4.36. The third-order valence-corrected chi connectivity index (χ3v) is 4.36. The summed E-state index contributed by atoms with van der Waals surface area (Å²) in [5.74, 6) is 1.26. The first-order valence-electron chi connectivity index (χ1n) is 8.89. The van der Waals surface area contributed by atoms with Crippen LogP contribution in [0.2, 0.25) is 0 Å². The van der Waals surface area contributed by atoms with E-state index in [1.807, 2.05) is 36.1 Å². The summed E-state index contributed by atoms with van der Waals surface area (Å²) in [6.07, 6.45) is 2.18. The highest BCUT2D eigenvalue weighted by Crippen LogP contribution is 2.29. The van der Waals surface area contributed by atoms with E-state index in [1.165, 1.54) is 0 Å². The second-order valence-electron chi connectivity index (χ2n) is 6.19. The first-order chi connectivity index (χ1) is 12.7. The molecule has 0 radical (unpaired) electrons. The number of ether oxygens (including phenoxy) is 2. The van der Waals surface area contributed by atoms with E-state index in [2.05, 4.69) is 6.07 Å². The van der Waals surface area contributed by atoms with Crippen LogP contribution in [0.4, 0.5) is 0 Å². The highest BCUT2D eigenvalue weighted by Gasteiger charge is 2.19. The van der Waals surface area contributed by atoms with Crippen molar-refractivity contribution in [2.45, 2.75) is 26.4 Å². The van der Waals surface area contributed by atoms with E-state index in [-0.39, 0.29) is 5.91 Å². The van der Waals surface area contributed by atoms with Gasteiger partial charge in [-0.1, -0.05) is 12.1 Å². The third kappa shape index (κ3) is 4.15. The molecule has 2 aromatic rings. The van der Waals surface area contributed by atoms with Gasteiger partial charge in [0.15, 0.2) is 11.5 Å². The molecule has 1 aliphatic rings. The molecule has 0 N–H and O–H groups in total. The Morgan fingerprint density at radius 1 is 1.08 bits per heavy atom. The molecule has 134 valence electrons. The van der Waals surface area contributed by atoms with Crippen molar-refractivity contribution < 1.29 is 14.3 Å². The van der Waals surface area contributed by atoms with Gasteiger partial charge in [0.25, 0.3) is 5.91 Å². The number of likely N-dealkylation sites (tertiary alicyclic amines) is 1. The molecule has 0 aliphatic carbocycles. The Bertz CT molecular complexity index is 803. The molecule has 0 atom stereocenters. The van der Waals surface area contributed by atoms with Crippen LogP contribution in [-0.4, -0.2) is 30.5 Å². The SMILES string of the molecule is CCOc1cc(C#N)ccc1OCc1ccc(C(=O)N2CCCC2)cc1. The van der Waals surface area contributed by atoms with E-state index in [1.54, 1.807) is 18.2 Å². The van der Waals surface area contributed by atoms with Gasteiger partial charge in [0, 0.05) is 24.7 Å². The second kappa shape index (κ2) is 8.39. The van der Waals surface area contributed by atoms with Crippen LogP contribution in [0.1, 0.15) is 41.3 Å². The Morgan fingerprint density at radius 3 is 2.46 bits per heavy atom. The molecule has 0 spiro atoms. The number of benzene rings is 2. The molecule has 5 heteroatoms. The monoisotopic (exact) mass is 350 g/mol. The Balaban J connectivity index is 1.65. The van der Waals surface area contributed by atoms with Crippen LogP contribution in [-0.2, 0) is 6.61 Å². The number of hydrogen-bond acceptors (Lipinski definition) is 4. The summed E-state index contributed by atoms with van der Waals surface area (Å²) >= 11 is 0. The number of hydrogen-bond donors (Lipinski definition) is 0. The predicted molar refractivity (Wildman–Crippen MR) is 98.2 cm³/mol. The van der Waals surface area contributed by atoms with Gasteiger partial charge in [-0.15, -0.1) is 0 Å². The smallest absolute Gasteiger partial charge is 0.253 e. The highest BCUT2D eigenvalue weighted by atomic mass is 16.5. The van der Waals surface area contributed by atoms with Crippen LogP contribution < -0.4 is 9.47 Å². The van der Waals surface area contributed by atoms with Gasteiger partial charge >= 0.3 is 0 Å². The van der Waals surface area contributed by atoms with Crippen LogP contribution in [0.5, 0.6) is 11.5 Å². The van der Waals surface area contributed by atoms with Gasteiger partial charge in [-0.2, -0.15) is 5.26 Å². The topological polar surface area (TPSA) is 62.6 Å². The maximum atomic E-state index is 12.4. The molecule has 0 unspecified atom stereocenters. The molecule has 1 amide bonds. The Kier molecular flexibility index (Phi) is 5.75. The fourth-order valence-electron chi connectivity index (χ4n) is 2.97. The molecule has 1 fully saturated rings. The molecular formula is C21H22N2O3. The summed E-state index contributed by atoms with van der Waals surface area (Å²) in [7, 11) is 0. The van der Waals surface area contributed by atoms with Crippen LogP contribution in [0.15, 0.2) is 42.5 Å². The van der Waals surface area contributed by atoms with Gasteiger partial charge in [-0.25, -0.2) is 0 Å². The van der Waals surface area contributed by atoms with Crippen molar-refractivity contribution in [3.63, 3.8) is 0 Å². The van der Waals surface area contributed by atoms with E-state index < -0.39 is 0 Å². The summed E-state index contributed by atoms with van der Waals surface area (Å²) < 4.78 is 11.4. The first kappa shape index (κ1) is 17.8. The average Bonchev–Trinajstić information content (AvgIpc) is 3.22. The van der Waals surface area contributed by atoms with Gasteiger partial charge in [-0.05, 0) is 49.6 Å². The molecule has 26 heavy (non-hydrogen) atoms. The van der Waals surface area contributed by atoms with E-state index >= 15 is 0 Å². The number of nitriles is 1. The van der Waals surface area contributed by atoms with Crippen LogP contribution in [0.3, 0.4) is 0 Å².